The van der Waals surface area contributed by atoms with E-state index in [9.17, 15) is 6.50 Å². The summed E-state index contributed by atoms with van der Waals surface area (Å²) in [5.74, 6) is 0. The second-order valence-corrected chi connectivity index (χ2v) is 14.2. The topological polar surface area (TPSA) is 80.3 Å². The molecule has 0 spiro atoms. The van der Waals surface area contributed by atoms with Crippen LogP contribution in [-0.2, 0) is 40.6 Å². The van der Waals surface area contributed by atoms with Crippen LogP contribution >= 0.6 is 0 Å². The molecule has 0 atom stereocenters. The first-order chi connectivity index (χ1) is 7.30. The third-order valence-electron chi connectivity index (χ3n) is 1.50. The molecular weight excluding hydrogens is 389 g/mol. The minimum atomic E-state index is -7.60. The summed E-state index contributed by atoms with van der Waals surface area (Å²) in [6, 6.07) is 0. The van der Waals surface area contributed by atoms with E-state index < -0.39 is 16.0 Å². The SMILES string of the molecule is CCO[O][Ta](=[O])(=[O])([O]CC)([O]CC)[O]CC. The molecular formula is C8H20O7Ta. The van der Waals surface area contributed by atoms with Crippen LogP contribution in [0.25, 0.3) is 0 Å². The molecule has 7 nitrogen and oxygen atoms in total. The summed E-state index contributed by atoms with van der Waals surface area (Å²) in [4.78, 5) is 4.45. The van der Waals surface area contributed by atoms with Gasteiger partial charge in [-0.2, -0.15) is 0 Å². The Morgan fingerprint density at radius 3 is 1.38 bits per heavy atom. The Morgan fingerprint density at radius 1 is 0.750 bits per heavy atom. The molecule has 0 bridgehead atoms. The van der Waals surface area contributed by atoms with Crippen LogP contribution in [0.2, 0.25) is 0 Å². The van der Waals surface area contributed by atoms with Gasteiger partial charge in [0.05, 0.1) is 0 Å². The summed E-state index contributed by atoms with van der Waals surface area (Å²) in [6.07, 6.45) is 0. The first-order valence-corrected chi connectivity index (χ1v) is 13.1. The summed E-state index contributed by atoms with van der Waals surface area (Å²) in [6.45, 7) is 5.53. The average molecular weight is 409 g/mol. The van der Waals surface area contributed by atoms with Gasteiger partial charge >= 0.3 is 94.7 Å². The molecule has 0 rings (SSSR count). The van der Waals surface area contributed by atoms with E-state index in [-0.39, 0.29) is 26.4 Å². The molecule has 0 radical (unpaired) electrons. The number of rotatable bonds is 9. The van der Waals surface area contributed by atoms with Crippen molar-refractivity contribution in [1.29, 1.82) is 0 Å². The van der Waals surface area contributed by atoms with Crippen LogP contribution in [0.15, 0.2) is 0 Å². The Kier molecular flexibility index (Phi) is 5.24. The molecule has 0 aliphatic rings. The zero-order chi connectivity index (χ0) is 12.8. The van der Waals surface area contributed by atoms with Crippen LogP contribution in [0.3, 0.4) is 0 Å². The maximum atomic E-state index is 12.4. The van der Waals surface area contributed by atoms with Gasteiger partial charge in [0.1, 0.15) is 0 Å². The van der Waals surface area contributed by atoms with E-state index in [4.69, 9.17) is 9.73 Å². The maximum absolute atomic E-state index is 12.4. The first-order valence-electron chi connectivity index (χ1n) is 5.25. The second kappa shape index (κ2) is 5.19. The Bertz CT molecular complexity index is 326. The van der Waals surface area contributed by atoms with Crippen molar-refractivity contribution in [1.82, 2.24) is 0 Å². The fraction of sp³-hybridized carbons (Fsp3) is 1.00. The summed E-state index contributed by atoms with van der Waals surface area (Å²) in [7, 11) is 0. The third-order valence-corrected chi connectivity index (χ3v) is 11.4. The summed E-state index contributed by atoms with van der Waals surface area (Å²) >= 11 is -7.60. The van der Waals surface area contributed by atoms with Crippen LogP contribution in [0.4, 0.5) is 0 Å². The molecule has 0 aromatic carbocycles. The van der Waals surface area contributed by atoms with E-state index >= 15 is 0 Å². The molecule has 99 valence electrons. The number of hydrogen-bond acceptors (Lipinski definition) is 7. The summed E-state index contributed by atoms with van der Waals surface area (Å²) < 4.78 is 43.4. The Labute approximate surface area is 94.9 Å². The third kappa shape index (κ3) is 3.86. The van der Waals surface area contributed by atoms with E-state index in [1.807, 2.05) is 0 Å². The molecule has 0 saturated heterocycles. The molecule has 16 heavy (non-hydrogen) atoms. The molecule has 0 N–H and O–H groups in total. The van der Waals surface area contributed by atoms with Gasteiger partial charge in [-0.25, -0.2) is 0 Å². The second-order valence-electron chi connectivity index (χ2n) is 2.85. The Hall–Kier alpha value is 0.140. The van der Waals surface area contributed by atoms with Crippen molar-refractivity contribution in [3.05, 3.63) is 0 Å². The average Bonchev–Trinajstić information content (AvgIpc) is 2.16. The fourth-order valence-electron chi connectivity index (χ4n) is 1.13. The standard InChI is InChI=1S/C2H6O2.3C2H5O.2O.Ta/c1-2-4-3;3*1-2-3;;;/h3H,2H2,1H3;3*2H2,1H3;;;/q;3*-1;;;+4/p-1. The molecule has 0 aliphatic heterocycles. The van der Waals surface area contributed by atoms with E-state index in [1.54, 1.807) is 6.92 Å². The van der Waals surface area contributed by atoms with Gasteiger partial charge in [-0.15, -0.1) is 0 Å². The molecule has 8 heteroatoms. The van der Waals surface area contributed by atoms with Gasteiger partial charge in [-0.1, -0.05) is 0 Å². The predicted molar refractivity (Wildman–Crippen MR) is 49.0 cm³/mol. The van der Waals surface area contributed by atoms with Gasteiger partial charge in [0.2, 0.25) is 0 Å². The van der Waals surface area contributed by atoms with Gasteiger partial charge in [0.15, 0.2) is 0 Å². The van der Waals surface area contributed by atoms with Crippen LogP contribution in [-0.4, -0.2) is 26.4 Å². The molecule has 0 aliphatic carbocycles. The molecule has 0 fully saturated rings. The quantitative estimate of drug-likeness (QED) is 0.423. The summed E-state index contributed by atoms with van der Waals surface area (Å²) in [5, 5.41) is 0. The van der Waals surface area contributed by atoms with Gasteiger partial charge in [-0.05, 0) is 0 Å². The van der Waals surface area contributed by atoms with Crippen molar-refractivity contribution in [2.24, 2.45) is 0 Å². The molecule has 0 heterocycles. The molecule has 0 unspecified atom stereocenters. The van der Waals surface area contributed by atoms with Gasteiger partial charge < -0.3 is 0 Å². The molecule has 0 aromatic heterocycles. The van der Waals surface area contributed by atoms with Crippen molar-refractivity contribution in [2.45, 2.75) is 27.7 Å². The van der Waals surface area contributed by atoms with Crippen molar-refractivity contribution >= 4 is 0 Å². The van der Waals surface area contributed by atoms with Crippen molar-refractivity contribution in [3.63, 3.8) is 0 Å². The Morgan fingerprint density at radius 2 is 1.12 bits per heavy atom. The van der Waals surface area contributed by atoms with Crippen LogP contribution in [0.5, 0.6) is 0 Å². The van der Waals surface area contributed by atoms with Crippen molar-refractivity contribution in [2.75, 3.05) is 26.4 Å². The zero-order valence-corrected chi connectivity index (χ0v) is 13.3. The van der Waals surface area contributed by atoms with Gasteiger partial charge in [0.25, 0.3) is 0 Å². The van der Waals surface area contributed by atoms with Crippen LogP contribution in [0, 0.1) is 0 Å². The van der Waals surface area contributed by atoms with Crippen LogP contribution in [0.1, 0.15) is 27.7 Å². The Balaban J connectivity index is 5.39. The van der Waals surface area contributed by atoms with E-state index in [1.165, 1.54) is 20.8 Å². The monoisotopic (exact) mass is 409 g/mol. The van der Waals surface area contributed by atoms with E-state index in [0.29, 0.717) is 0 Å². The molecule has 0 saturated carbocycles. The van der Waals surface area contributed by atoms with Gasteiger partial charge in [-0.3, -0.25) is 0 Å². The number of hydrogen-bond donors (Lipinski definition) is 0. The predicted octanol–water partition coefficient (Wildman–Crippen LogP) is 1.64. The normalized spacial score (nSPS) is 16.8. The van der Waals surface area contributed by atoms with Gasteiger partial charge in [0, 0.05) is 0 Å². The van der Waals surface area contributed by atoms with Crippen LogP contribution < -0.4 is 0 Å². The summed E-state index contributed by atoms with van der Waals surface area (Å²) in [5.41, 5.74) is 0. The minimum absolute atomic E-state index is 0.0197. The van der Waals surface area contributed by atoms with E-state index in [2.05, 4.69) is 8.28 Å². The van der Waals surface area contributed by atoms with Crippen molar-refractivity contribution < 1.29 is 40.6 Å². The molecule has 0 aromatic rings. The first kappa shape index (κ1) is 16.1. The molecule has 0 amide bonds. The zero-order valence-electron chi connectivity index (χ0n) is 10.1. The fourth-order valence-corrected chi connectivity index (χ4v) is 9.23. The van der Waals surface area contributed by atoms with Crippen molar-refractivity contribution in [3.8, 4) is 0 Å². The van der Waals surface area contributed by atoms with E-state index in [0.717, 1.165) is 0 Å².